The van der Waals surface area contributed by atoms with E-state index in [1.165, 1.54) is 0 Å². The molecular formula is C9H13N4S+. The second-order valence-electron chi connectivity index (χ2n) is 2.32. The van der Waals surface area contributed by atoms with Gasteiger partial charge >= 0.3 is 5.50 Å². The van der Waals surface area contributed by atoms with Crippen molar-refractivity contribution in [2.75, 3.05) is 0 Å². The smallest absolute Gasteiger partial charge is 0.101 e. The fraction of sp³-hybridized carbons (Fsp3) is 0.333. The van der Waals surface area contributed by atoms with Crippen molar-refractivity contribution < 1.29 is 4.70 Å². The molecule has 0 bridgehead atoms. The summed E-state index contributed by atoms with van der Waals surface area (Å²) >= 11 is 4.17. The average Bonchev–Trinajstić information content (AvgIpc) is 2.69. The van der Waals surface area contributed by atoms with Gasteiger partial charge in [-0.15, -0.1) is 12.6 Å². The minimum absolute atomic E-state index is 0.285. The molecule has 0 spiro atoms. The van der Waals surface area contributed by atoms with E-state index in [0.29, 0.717) is 0 Å². The van der Waals surface area contributed by atoms with Crippen molar-refractivity contribution in [3.63, 3.8) is 0 Å². The van der Waals surface area contributed by atoms with E-state index < -0.39 is 0 Å². The van der Waals surface area contributed by atoms with Gasteiger partial charge < -0.3 is 0 Å². The van der Waals surface area contributed by atoms with Crippen LogP contribution in [0.5, 0.6) is 0 Å². The van der Waals surface area contributed by atoms with Gasteiger partial charge in [0.25, 0.3) is 0 Å². The monoisotopic (exact) mass is 209 g/mol. The van der Waals surface area contributed by atoms with E-state index in [0.717, 1.165) is 5.69 Å². The van der Waals surface area contributed by atoms with E-state index in [2.05, 4.69) is 28.2 Å². The van der Waals surface area contributed by atoms with E-state index in [1.54, 1.807) is 4.70 Å². The Morgan fingerprint density at radius 3 is 2.36 bits per heavy atom. The second kappa shape index (κ2) is 5.49. The van der Waals surface area contributed by atoms with Crippen molar-refractivity contribution in [3.05, 3.63) is 30.3 Å². The molecule has 74 valence electrons. The average molecular weight is 209 g/mol. The first-order valence-electron chi connectivity index (χ1n) is 4.51. The molecule has 1 aliphatic rings. The van der Waals surface area contributed by atoms with E-state index >= 15 is 0 Å². The molecular weight excluding hydrogens is 196 g/mol. The Labute approximate surface area is 88.8 Å². The first kappa shape index (κ1) is 10.8. The molecule has 14 heavy (non-hydrogen) atoms. The molecule has 1 aliphatic heterocycles. The predicted octanol–water partition coefficient (Wildman–Crippen LogP) is 3.40. The maximum atomic E-state index is 4.17. The number of rotatable bonds is 1. The molecule has 0 radical (unpaired) electrons. The summed E-state index contributed by atoms with van der Waals surface area (Å²) in [6.45, 7) is 4.00. The quantitative estimate of drug-likeness (QED) is 0.544. The molecule has 0 fully saturated rings. The lowest BCUT2D eigenvalue weighted by molar-refractivity contribution is -0.515. The third-order valence-corrected chi connectivity index (χ3v) is 1.85. The van der Waals surface area contributed by atoms with Crippen molar-refractivity contribution in [2.24, 2.45) is 15.6 Å². The maximum Gasteiger partial charge on any atom is 0.302 e. The third-order valence-electron chi connectivity index (χ3n) is 1.53. The Morgan fingerprint density at radius 2 is 1.86 bits per heavy atom. The van der Waals surface area contributed by atoms with Gasteiger partial charge in [0.1, 0.15) is 0 Å². The Hall–Kier alpha value is -1.23. The molecule has 1 unspecified atom stereocenters. The van der Waals surface area contributed by atoms with Crippen molar-refractivity contribution in [3.8, 4) is 0 Å². The summed E-state index contributed by atoms with van der Waals surface area (Å²) < 4.78 is 1.64. The van der Waals surface area contributed by atoms with Crippen LogP contribution in [-0.4, -0.2) is 10.2 Å². The third kappa shape index (κ3) is 2.38. The minimum atomic E-state index is -0.285. The lowest BCUT2D eigenvalue weighted by atomic mass is 10.3. The zero-order valence-corrected chi connectivity index (χ0v) is 9.09. The van der Waals surface area contributed by atoms with E-state index in [1.807, 2.05) is 44.2 Å². The summed E-state index contributed by atoms with van der Waals surface area (Å²) in [6.07, 6.45) is 0. The number of para-hydroxylation sites is 1. The largest absolute Gasteiger partial charge is 0.302 e. The molecule has 1 aromatic carbocycles. The molecule has 1 heterocycles. The molecule has 0 aliphatic carbocycles. The van der Waals surface area contributed by atoms with Crippen LogP contribution in [0.1, 0.15) is 13.8 Å². The number of hydrogen-bond donors (Lipinski definition) is 1. The van der Waals surface area contributed by atoms with Gasteiger partial charge in [-0.2, -0.15) is 0 Å². The van der Waals surface area contributed by atoms with Crippen molar-refractivity contribution in [1.82, 2.24) is 0 Å². The summed E-state index contributed by atoms with van der Waals surface area (Å²) in [4.78, 5) is 0. The van der Waals surface area contributed by atoms with Crippen molar-refractivity contribution >= 4 is 18.3 Å². The summed E-state index contributed by atoms with van der Waals surface area (Å²) in [5.74, 6) is 0. The Kier molecular flexibility index (Phi) is 4.25. The van der Waals surface area contributed by atoms with Crippen LogP contribution < -0.4 is 0 Å². The van der Waals surface area contributed by atoms with Gasteiger partial charge in [-0.1, -0.05) is 36.7 Å². The van der Waals surface area contributed by atoms with Crippen LogP contribution in [-0.2, 0) is 0 Å². The Bertz CT molecular complexity index is 334. The van der Waals surface area contributed by atoms with E-state index in [4.69, 9.17) is 0 Å². The molecule has 1 atom stereocenters. The lowest BCUT2D eigenvalue weighted by Gasteiger charge is -1.97. The highest BCUT2D eigenvalue weighted by atomic mass is 32.1. The molecule has 0 saturated carbocycles. The topological polar surface area (TPSA) is 40.1 Å². The SMILES string of the molecule is CC.SC1N=NN=[N+]1c1ccccc1. The Balaban J connectivity index is 0.000000461. The molecule has 0 N–H and O–H groups in total. The summed E-state index contributed by atoms with van der Waals surface area (Å²) in [6, 6.07) is 9.68. The standard InChI is InChI=1S/C7H6N4S.C2H6/c12-7-8-9-10-11(7)6-4-2-1-3-5-6;1-2/h1-5,7H;1-2H3/p+1. The fourth-order valence-corrected chi connectivity index (χ4v) is 1.20. The molecule has 0 saturated heterocycles. The molecule has 0 aromatic heterocycles. The van der Waals surface area contributed by atoms with Crippen LogP contribution in [0, 0.1) is 0 Å². The zero-order chi connectivity index (χ0) is 10.4. The van der Waals surface area contributed by atoms with Crippen LogP contribution in [0.15, 0.2) is 45.9 Å². The van der Waals surface area contributed by atoms with Gasteiger partial charge in [0.15, 0.2) is 10.9 Å². The van der Waals surface area contributed by atoms with Crippen molar-refractivity contribution in [2.45, 2.75) is 19.3 Å². The van der Waals surface area contributed by atoms with Crippen LogP contribution in [0.4, 0.5) is 5.69 Å². The molecule has 1 aromatic rings. The maximum absolute atomic E-state index is 4.17. The predicted molar refractivity (Wildman–Crippen MR) is 57.8 cm³/mol. The van der Waals surface area contributed by atoms with Crippen LogP contribution in [0.25, 0.3) is 0 Å². The fourth-order valence-electron chi connectivity index (χ4n) is 0.973. The minimum Gasteiger partial charge on any atom is -0.101 e. The van der Waals surface area contributed by atoms with Gasteiger partial charge in [0.05, 0.1) is 0 Å². The van der Waals surface area contributed by atoms with Crippen molar-refractivity contribution in [1.29, 1.82) is 0 Å². The Morgan fingerprint density at radius 1 is 1.21 bits per heavy atom. The summed E-state index contributed by atoms with van der Waals surface area (Å²) in [5.41, 5.74) is 0.662. The number of thiol groups is 1. The van der Waals surface area contributed by atoms with Gasteiger partial charge in [-0.3, -0.25) is 0 Å². The summed E-state index contributed by atoms with van der Waals surface area (Å²) in [5, 5.41) is 11.1. The molecule has 2 rings (SSSR count). The lowest BCUT2D eigenvalue weighted by Crippen LogP contribution is -2.07. The first-order chi connectivity index (χ1) is 6.88. The van der Waals surface area contributed by atoms with Gasteiger partial charge in [0.2, 0.25) is 5.22 Å². The van der Waals surface area contributed by atoms with Crippen LogP contribution in [0.2, 0.25) is 0 Å². The van der Waals surface area contributed by atoms with E-state index in [-0.39, 0.29) is 5.50 Å². The first-order valence-corrected chi connectivity index (χ1v) is 5.03. The van der Waals surface area contributed by atoms with Gasteiger partial charge in [-0.25, -0.2) is 0 Å². The zero-order valence-electron chi connectivity index (χ0n) is 8.20. The van der Waals surface area contributed by atoms with E-state index in [9.17, 15) is 0 Å². The number of benzene rings is 1. The normalized spacial score (nSPS) is 18.5. The number of nitrogens with zero attached hydrogens (tertiary/aromatic N) is 4. The highest BCUT2D eigenvalue weighted by Crippen LogP contribution is 2.20. The van der Waals surface area contributed by atoms with Gasteiger partial charge in [0, 0.05) is 5.11 Å². The molecule has 5 heteroatoms. The highest BCUT2D eigenvalue weighted by Gasteiger charge is 2.23. The highest BCUT2D eigenvalue weighted by molar-refractivity contribution is 7.80. The summed E-state index contributed by atoms with van der Waals surface area (Å²) in [7, 11) is 0. The molecule has 4 nitrogen and oxygen atoms in total. The number of hydrogen-bond acceptors (Lipinski definition) is 4. The van der Waals surface area contributed by atoms with Crippen LogP contribution >= 0.6 is 12.6 Å². The van der Waals surface area contributed by atoms with Crippen LogP contribution in [0.3, 0.4) is 0 Å². The molecule has 0 amide bonds. The van der Waals surface area contributed by atoms with Gasteiger partial charge in [-0.05, 0) is 12.1 Å². The second-order valence-corrected chi connectivity index (χ2v) is 2.78.